The van der Waals surface area contributed by atoms with Crippen LogP contribution in [0.25, 0.3) is 0 Å². The molecule has 0 amide bonds. The van der Waals surface area contributed by atoms with Crippen molar-refractivity contribution in [1.29, 1.82) is 0 Å². The highest BCUT2D eigenvalue weighted by atomic mass is 16.5. The van der Waals surface area contributed by atoms with Gasteiger partial charge in [-0.15, -0.1) is 0 Å². The average molecular weight is 274 g/mol. The molecule has 0 saturated carbocycles. The molecule has 0 spiro atoms. The van der Waals surface area contributed by atoms with Crippen LogP contribution in [-0.2, 0) is 4.74 Å². The maximum atomic E-state index is 12.6. The fourth-order valence-electron chi connectivity index (χ4n) is 3.21. The zero-order chi connectivity index (χ0) is 14.9. The Bertz CT molecular complexity index is 494. The van der Waals surface area contributed by atoms with E-state index >= 15 is 0 Å². The lowest BCUT2D eigenvalue weighted by Gasteiger charge is -2.18. The first-order valence-electron chi connectivity index (χ1n) is 7.65. The quantitative estimate of drug-likeness (QED) is 0.762. The van der Waals surface area contributed by atoms with E-state index in [2.05, 4.69) is 34.6 Å². The highest BCUT2D eigenvalue weighted by Gasteiger charge is 2.21. The summed E-state index contributed by atoms with van der Waals surface area (Å²) in [5.74, 6) is 0.279. The lowest BCUT2D eigenvalue weighted by atomic mass is 9.86. The zero-order valence-electron chi connectivity index (χ0n) is 13.4. The highest BCUT2D eigenvalue weighted by molar-refractivity contribution is 5.99. The van der Waals surface area contributed by atoms with Crippen molar-refractivity contribution in [3.63, 3.8) is 0 Å². The van der Waals surface area contributed by atoms with Gasteiger partial charge in [0.1, 0.15) is 0 Å². The highest BCUT2D eigenvalue weighted by Crippen LogP contribution is 2.28. The molecule has 1 fully saturated rings. The lowest BCUT2D eigenvalue weighted by molar-refractivity contribution is 0.0858. The second-order valence-corrected chi connectivity index (χ2v) is 6.10. The Morgan fingerprint density at radius 2 is 1.55 bits per heavy atom. The molecule has 2 heteroatoms. The Morgan fingerprint density at radius 3 is 2.05 bits per heavy atom. The number of carbonyl (C=O) groups is 1. The molecule has 2 nitrogen and oxygen atoms in total. The van der Waals surface area contributed by atoms with Gasteiger partial charge in [-0.05, 0) is 81.7 Å². The molecule has 0 aliphatic carbocycles. The SMILES string of the molecule is Cc1c(C)c(C)c(C(=O)CCC2CCCO2)c(C)c1C. The zero-order valence-corrected chi connectivity index (χ0v) is 13.4. The Kier molecular flexibility index (Phi) is 4.64. The number of ether oxygens (including phenoxy) is 1. The van der Waals surface area contributed by atoms with Gasteiger partial charge in [0.15, 0.2) is 5.78 Å². The number of Topliss-reactive ketones (excluding diaryl/α,β-unsaturated/α-hetero) is 1. The van der Waals surface area contributed by atoms with E-state index in [0.29, 0.717) is 12.5 Å². The van der Waals surface area contributed by atoms with Crippen molar-refractivity contribution in [2.75, 3.05) is 6.61 Å². The summed E-state index contributed by atoms with van der Waals surface area (Å²) in [4.78, 5) is 12.6. The van der Waals surface area contributed by atoms with Gasteiger partial charge in [-0.25, -0.2) is 0 Å². The molecular weight excluding hydrogens is 248 g/mol. The predicted octanol–water partition coefficient (Wildman–Crippen LogP) is 4.37. The third-order valence-electron chi connectivity index (χ3n) is 5.00. The van der Waals surface area contributed by atoms with Gasteiger partial charge < -0.3 is 4.74 Å². The van der Waals surface area contributed by atoms with Crippen LogP contribution in [0.5, 0.6) is 0 Å². The maximum absolute atomic E-state index is 12.6. The summed E-state index contributed by atoms with van der Waals surface area (Å²) in [5, 5.41) is 0. The molecule has 0 radical (unpaired) electrons. The minimum Gasteiger partial charge on any atom is -0.378 e. The van der Waals surface area contributed by atoms with E-state index in [9.17, 15) is 4.79 Å². The summed E-state index contributed by atoms with van der Waals surface area (Å²) in [7, 11) is 0. The Hall–Kier alpha value is -1.15. The molecule has 1 heterocycles. The van der Waals surface area contributed by atoms with Gasteiger partial charge in [0.05, 0.1) is 6.10 Å². The van der Waals surface area contributed by atoms with Crippen molar-refractivity contribution < 1.29 is 9.53 Å². The Balaban J connectivity index is 2.21. The maximum Gasteiger partial charge on any atom is 0.163 e. The van der Waals surface area contributed by atoms with Crippen molar-refractivity contribution in [3.05, 3.63) is 33.4 Å². The van der Waals surface area contributed by atoms with E-state index in [-0.39, 0.29) is 5.78 Å². The molecule has 1 aromatic rings. The van der Waals surface area contributed by atoms with Crippen molar-refractivity contribution in [1.82, 2.24) is 0 Å². The summed E-state index contributed by atoms with van der Waals surface area (Å²) in [6, 6.07) is 0. The van der Waals surface area contributed by atoms with E-state index in [1.54, 1.807) is 0 Å². The first kappa shape index (κ1) is 15.2. The molecule has 1 aromatic carbocycles. The van der Waals surface area contributed by atoms with E-state index in [1.807, 2.05) is 0 Å². The van der Waals surface area contributed by atoms with Crippen LogP contribution in [0.1, 0.15) is 63.9 Å². The molecule has 0 aromatic heterocycles. The van der Waals surface area contributed by atoms with Gasteiger partial charge >= 0.3 is 0 Å². The Morgan fingerprint density at radius 1 is 1.00 bits per heavy atom. The van der Waals surface area contributed by atoms with E-state index in [0.717, 1.165) is 42.6 Å². The van der Waals surface area contributed by atoms with Crippen LogP contribution in [0.2, 0.25) is 0 Å². The minimum atomic E-state index is 0.279. The van der Waals surface area contributed by atoms with Crippen molar-refractivity contribution in [3.8, 4) is 0 Å². The molecule has 1 saturated heterocycles. The molecule has 2 rings (SSSR count). The van der Waals surface area contributed by atoms with Crippen LogP contribution in [0, 0.1) is 34.6 Å². The predicted molar refractivity (Wildman–Crippen MR) is 82.7 cm³/mol. The monoisotopic (exact) mass is 274 g/mol. The number of rotatable bonds is 4. The molecule has 110 valence electrons. The van der Waals surface area contributed by atoms with Gasteiger partial charge in [-0.2, -0.15) is 0 Å². The van der Waals surface area contributed by atoms with Crippen molar-refractivity contribution in [2.45, 2.75) is 66.4 Å². The number of carbonyl (C=O) groups excluding carboxylic acids is 1. The molecule has 0 bridgehead atoms. The molecule has 20 heavy (non-hydrogen) atoms. The summed E-state index contributed by atoms with van der Waals surface area (Å²) in [5.41, 5.74) is 7.09. The average Bonchev–Trinajstić information content (AvgIpc) is 2.94. The summed E-state index contributed by atoms with van der Waals surface area (Å²) in [6.45, 7) is 11.4. The van der Waals surface area contributed by atoms with Crippen LogP contribution in [0.4, 0.5) is 0 Å². The van der Waals surface area contributed by atoms with E-state index in [1.165, 1.54) is 16.7 Å². The van der Waals surface area contributed by atoms with Gasteiger partial charge in [-0.3, -0.25) is 4.79 Å². The molecular formula is C18H26O2. The van der Waals surface area contributed by atoms with Gasteiger partial charge in [0.25, 0.3) is 0 Å². The molecule has 1 aliphatic rings. The molecule has 0 N–H and O–H groups in total. The van der Waals surface area contributed by atoms with Gasteiger partial charge in [0.2, 0.25) is 0 Å². The standard InChI is InChI=1S/C18H26O2/c1-11-12(2)14(4)18(15(5)13(11)3)17(19)9-8-16-7-6-10-20-16/h16H,6-10H2,1-5H3. The smallest absolute Gasteiger partial charge is 0.163 e. The molecule has 1 aliphatic heterocycles. The van der Waals surface area contributed by atoms with Crippen LogP contribution >= 0.6 is 0 Å². The first-order chi connectivity index (χ1) is 9.43. The van der Waals surface area contributed by atoms with Crippen LogP contribution < -0.4 is 0 Å². The minimum absolute atomic E-state index is 0.279. The number of hydrogen-bond donors (Lipinski definition) is 0. The molecule has 1 atom stereocenters. The van der Waals surface area contributed by atoms with Crippen molar-refractivity contribution in [2.24, 2.45) is 0 Å². The Labute approximate surface area is 122 Å². The molecule has 1 unspecified atom stereocenters. The number of hydrogen-bond acceptors (Lipinski definition) is 2. The topological polar surface area (TPSA) is 26.3 Å². The van der Waals surface area contributed by atoms with Gasteiger partial charge in [-0.1, -0.05) is 0 Å². The van der Waals surface area contributed by atoms with Crippen LogP contribution in [0.3, 0.4) is 0 Å². The van der Waals surface area contributed by atoms with Crippen LogP contribution in [-0.4, -0.2) is 18.5 Å². The number of ketones is 1. The summed E-state index contributed by atoms with van der Waals surface area (Å²) < 4.78 is 5.61. The van der Waals surface area contributed by atoms with E-state index < -0.39 is 0 Å². The third kappa shape index (κ3) is 2.80. The normalized spacial score (nSPS) is 18.6. The second-order valence-electron chi connectivity index (χ2n) is 6.10. The first-order valence-corrected chi connectivity index (χ1v) is 7.65. The summed E-state index contributed by atoms with van der Waals surface area (Å²) in [6.07, 6.45) is 4.02. The number of benzene rings is 1. The van der Waals surface area contributed by atoms with Crippen molar-refractivity contribution >= 4 is 5.78 Å². The largest absolute Gasteiger partial charge is 0.378 e. The van der Waals surface area contributed by atoms with Crippen LogP contribution in [0.15, 0.2) is 0 Å². The van der Waals surface area contributed by atoms with E-state index in [4.69, 9.17) is 4.74 Å². The fraction of sp³-hybridized carbons (Fsp3) is 0.611. The lowest BCUT2D eigenvalue weighted by Crippen LogP contribution is -2.13. The second kappa shape index (κ2) is 6.09. The fourth-order valence-corrected chi connectivity index (χ4v) is 3.21. The van der Waals surface area contributed by atoms with Gasteiger partial charge in [0, 0.05) is 18.6 Å². The third-order valence-corrected chi connectivity index (χ3v) is 5.00. The summed E-state index contributed by atoms with van der Waals surface area (Å²) >= 11 is 0.